The van der Waals surface area contributed by atoms with E-state index in [2.05, 4.69) is 299 Å². The fourth-order valence-electron chi connectivity index (χ4n) is 11.8. The van der Waals surface area contributed by atoms with Gasteiger partial charge in [-0.1, -0.05) is 200 Å². The largest absolute Gasteiger partial charge is 0.315 e. The second-order valence-electron chi connectivity index (χ2n) is 18.9. The zero-order valence-electron chi connectivity index (χ0n) is 39.5. The number of para-hydroxylation sites is 2. The van der Waals surface area contributed by atoms with Gasteiger partial charge in [-0.05, 0) is 134 Å². The Morgan fingerprint density at radius 1 is 0.319 bits per heavy atom. The molecule has 0 spiro atoms. The second-order valence-corrected chi connectivity index (χ2v) is 18.9. The van der Waals surface area contributed by atoms with Gasteiger partial charge in [0, 0.05) is 50.8 Å². The Morgan fingerprint density at radius 3 is 1.49 bits per heavy atom. The third-order valence-electron chi connectivity index (χ3n) is 15.0. The average molecular weight is 918 g/mol. The van der Waals surface area contributed by atoms with E-state index in [1.54, 1.807) is 0 Å². The first kappa shape index (κ1) is 41.5. The molecule has 1 aliphatic rings. The van der Waals surface area contributed by atoms with Gasteiger partial charge in [0.1, 0.15) is 0 Å². The van der Waals surface area contributed by atoms with E-state index in [0.717, 1.165) is 34.0 Å². The zero-order valence-corrected chi connectivity index (χ0v) is 39.5. The van der Waals surface area contributed by atoms with Crippen LogP contribution in [0.25, 0.3) is 77.5 Å². The molecule has 0 atom stereocenters. The number of hydrogen-bond acceptors (Lipinski definition) is 1. The Kier molecular flexibility index (Phi) is 9.75. The highest BCUT2D eigenvalue weighted by atomic mass is 15.1. The lowest BCUT2D eigenvalue weighted by Gasteiger charge is -2.35. The summed E-state index contributed by atoms with van der Waals surface area (Å²) in [6.07, 6.45) is 2.20. The zero-order chi connectivity index (χ0) is 47.6. The molecular weight excluding hydrogens is 871 g/mol. The van der Waals surface area contributed by atoms with E-state index in [-0.39, 0.29) is 0 Å². The summed E-state index contributed by atoms with van der Waals surface area (Å²) in [5.74, 6) is 0. The van der Waals surface area contributed by atoms with Crippen LogP contribution in [-0.4, -0.2) is 9.13 Å². The Balaban J connectivity index is 0.928. The molecule has 14 rings (SSSR count). The summed E-state index contributed by atoms with van der Waals surface area (Å²) in [5.41, 5.74) is 20.9. The van der Waals surface area contributed by atoms with Gasteiger partial charge in [0.2, 0.25) is 0 Å². The van der Waals surface area contributed by atoms with Gasteiger partial charge in [-0.3, -0.25) is 0 Å². The van der Waals surface area contributed by atoms with Crippen LogP contribution in [0, 0.1) is 0 Å². The van der Waals surface area contributed by atoms with Crippen LogP contribution in [-0.2, 0) is 5.41 Å². The summed E-state index contributed by atoms with van der Waals surface area (Å²) in [5, 5.41) is 3.65. The molecule has 11 aromatic carbocycles. The number of aromatic nitrogens is 2. The SMILES string of the molecule is c1ccc(-c2ccc(N(c3ccc(-c4ccc5c(c4)c4ccc6ccn(-c7ccccc7)c6c4n5-c4ccccc4)cc3)c3ccc4c(c3)C(c3ccccc3)(c3ccccc3)c3ccccc3-4)cc2)cc1. The molecule has 2 heterocycles. The standard InChI is InChI=1S/C69H47N3/c1-6-18-48(19-7-1)49-30-36-57(37-31-49)71(59-40-42-61-60-28-16-17-29-64(60)69(65(61)47-59,53-20-8-2-9-21-53)54-22-10-3-11-23-54)58-38-32-50(33-39-58)52-35-43-66-63(46-52)62-41-34-51-44-45-70(55-24-12-4-13-25-55)67(51)68(62)72(66)56-26-14-5-15-27-56/h1-47H. The van der Waals surface area contributed by atoms with Gasteiger partial charge in [-0.2, -0.15) is 0 Å². The highest BCUT2D eigenvalue weighted by molar-refractivity contribution is 6.19. The van der Waals surface area contributed by atoms with E-state index in [1.165, 1.54) is 82.8 Å². The first-order valence-electron chi connectivity index (χ1n) is 24.8. The summed E-state index contributed by atoms with van der Waals surface area (Å²) in [4.78, 5) is 2.42. The van der Waals surface area contributed by atoms with Crippen LogP contribution in [0.5, 0.6) is 0 Å². The van der Waals surface area contributed by atoms with Crippen LogP contribution < -0.4 is 4.90 Å². The molecular formula is C69H47N3. The van der Waals surface area contributed by atoms with Crippen molar-refractivity contribution in [2.45, 2.75) is 5.41 Å². The minimum Gasteiger partial charge on any atom is -0.315 e. The van der Waals surface area contributed by atoms with Crippen LogP contribution >= 0.6 is 0 Å². The van der Waals surface area contributed by atoms with Gasteiger partial charge in [0.05, 0.1) is 22.0 Å². The highest BCUT2D eigenvalue weighted by Crippen LogP contribution is 2.57. The van der Waals surface area contributed by atoms with Gasteiger partial charge in [0.25, 0.3) is 0 Å². The molecule has 0 N–H and O–H groups in total. The Hall–Kier alpha value is -9.44. The lowest BCUT2D eigenvalue weighted by Crippen LogP contribution is -2.28. The Morgan fingerprint density at radius 2 is 0.833 bits per heavy atom. The molecule has 3 nitrogen and oxygen atoms in total. The van der Waals surface area contributed by atoms with Crippen molar-refractivity contribution in [2.75, 3.05) is 4.90 Å². The van der Waals surface area contributed by atoms with Crippen LogP contribution in [0.15, 0.2) is 285 Å². The topological polar surface area (TPSA) is 13.1 Å². The van der Waals surface area contributed by atoms with E-state index in [4.69, 9.17) is 0 Å². The van der Waals surface area contributed by atoms with Gasteiger partial charge >= 0.3 is 0 Å². The van der Waals surface area contributed by atoms with Crippen molar-refractivity contribution in [1.82, 2.24) is 9.13 Å². The molecule has 0 radical (unpaired) electrons. The van der Waals surface area contributed by atoms with Crippen molar-refractivity contribution in [1.29, 1.82) is 0 Å². The van der Waals surface area contributed by atoms with Gasteiger partial charge < -0.3 is 14.0 Å². The van der Waals surface area contributed by atoms with Crippen LogP contribution in [0.2, 0.25) is 0 Å². The minimum absolute atomic E-state index is 0.518. The molecule has 2 aromatic heterocycles. The number of fused-ring (bicyclic) bond motifs is 8. The summed E-state index contributed by atoms with van der Waals surface area (Å²) >= 11 is 0. The Bertz CT molecular complexity index is 4060. The van der Waals surface area contributed by atoms with Gasteiger partial charge in [0.15, 0.2) is 0 Å². The highest BCUT2D eigenvalue weighted by Gasteiger charge is 2.46. The minimum atomic E-state index is -0.518. The maximum Gasteiger partial charge on any atom is 0.0788 e. The predicted molar refractivity (Wildman–Crippen MR) is 300 cm³/mol. The van der Waals surface area contributed by atoms with Crippen molar-refractivity contribution >= 4 is 49.8 Å². The van der Waals surface area contributed by atoms with Crippen molar-refractivity contribution in [2.24, 2.45) is 0 Å². The second kappa shape index (κ2) is 16.9. The lowest BCUT2D eigenvalue weighted by atomic mass is 9.67. The molecule has 0 saturated heterocycles. The molecule has 0 fully saturated rings. The maximum absolute atomic E-state index is 2.45. The summed E-state index contributed by atoms with van der Waals surface area (Å²) in [6.45, 7) is 0. The molecule has 338 valence electrons. The Labute approximate surface area is 419 Å². The summed E-state index contributed by atoms with van der Waals surface area (Å²) in [7, 11) is 0. The molecule has 72 heavy (non-hydrogen) atoms. The molecule has 13 aromatic rings. The first-order chi connectivity index (χ1) is 35.7. The molecule has 0 amide bonds. The quantitative estimate of drug-likeness (QED) is 0.141. The lowest BCUT2D eigenvalue weighted by molar-refractivity contribution is 0.768. The first-order valence-corrected chi connectivity index (χ1v) is 24.8. The molecule has 0 unspecified atom stereocenters. The average Bonchev–Trinajstić information content (AvgIpc) is 4.14. The maximum atomic E-state index is 2.45. The monoisotopic (exact) mass is 917 g/mol. The molecule has 3 heteroatoms. The van der Waals surface area contributed by atoms with E-state index in [1.807, 2.05) is 0 Å². The third-order valence-corrected chi connectivity index (χ3v) is 15.0. The van der Waals surface area contributed by atoms with E-state index in [0.29, 0.717) is 0 Å². The van der Waals surface area contributed by atoms with Crippen molar-refractivity contribution in [3.63, 3.8) is 0 Å². The normalized spacial score (nSPS) is 12.6. The van der Waals surface area contributed by atoms with E-state index >= 15 is 0 Å². The summed E-state index contributed by atoms with van der Waals surface area (Å²) < 4.78 is 4.78. The van der Waals surface area contributed by atoms with Gasteiger partial charge in [-0.15, -0.1) is 0 Å². The smallest absolute Gasteiger partial charge is 0.0788 e. The number of rotatable bonds is 9. The number of nitrogens with zero attached hydrogens (tertiary/aromatic N) is 3. The van der Waals surface area contributed by atoms with E-state index < -0.39 is 5.41 Å². The fraction of sp³-hybridized carbons (Fsp3) is 0.0145. The van der Waals surface area contributed by atoms with Crippen molar-refractivity contribution in [3.05, 3.63) is 308 Å². The van der Waals surface area contributed by atoms with Crippen LogP contribution in [0.3, 0.4) is 0 Å². The van der Waals surface area contributed by atoms with E-state index in [9.17, 15) is 0 Å². The van der Waals surface area contributed by atoms with Crippen LogP contribution in [0.1, 0.15) is 22.3 Å². The number of benzene rings is 11. The van der Waals surface area contributed by atoms with Crippen LogP contribution in [0.4, 0.5) is 17.1 Å². The molecule has 0 aliphatic heterocycles. The van der Waals surface area contributed by atoms with Crippen molar-refractivity contribution < 1.29 is 0 Å². The van der Waals surface area contributed by atoms with Crippen molar-refractivity contribution in [3.8, 4) is 44.8 Å². The fourth-order valence-corrected chi connectivity index (χ4v) is 11.8. The summed E-state index contributed by atoms with van der Waals surface area (Å²) in [6, 6.07) is 102. The number of hydrogen-bond donors (Lipinski definition) is 0. The molecule has 1 aliphatic carbocycles. The molecule has 0 bridgehead atoms. The molecule has 0 saturated carbocycles. The van der Waals surface area contributed by atoms with Gasteiger partial charge in [-0.25, -0.2) is 0 Å². The predicted octanol–water partition coefficient (Wildman–Crippen LogP) is 17.9. The third kappa shape index (κ3) is 6.52. The number of anilines is 3.